The SMILES string of the molecule is N#CCn1c(CN2CCCc3ccccc32)nc2ccccc2c1=O. The van der Waals surface area contributed by atoms with Gasteiger partial charge in [-0.1, -0.05) is 30.3 Å². The van der Waals surface area contributed by atoms with Crippen molar-refractivity contribution < 1.29 is 0 Å². The van der Waals surface area contributed by atoms with Crippen LogP contribution in [-0.4, -0.2) is 16.1 Å². The van der Waals surface area contributed by atoms with Crippen LogP contribution in [0.3, 0.4) is 0 Å². The summed E-state index contributed by atoms with van der Waals surface area (Å²) in [5, 5.41) is 9.71. The zero-order chi connectivity index (χ0) is 17.2. The van der Waals surface area contributed by atoms with Gasteiger partial charge in [0.25, 0.3) is 5.56 Å². The van der Waals surface area contributed by atoms with Crippen LogP contribution in [-0.2, 0) is 19.5 Å². The summed E-state index contributed by atoms with van der Waals surface area (Å²) < 4.78 is 1.50. The number of nitriles is 1. The summed E-state index contributed by atoms with van der Waals surface area (Å²) in [6.07, 6.45) is 2.15. The normalized spacial score (nSPS) is 13.5. The van der Waals surface area contributed by atoms with Gasteiger partial charge in [0.15, 0.2) is 0 Å². The van der Waals surface area contributed by atoms with Crippen LogP contribution < -0.4 is 10.5 Å². The van der Waals surface area contributed by atoms with Gasteiger partial charge in [-0.05, 0) is 36.6 Å². The molecule has 0 atom stereocenters. The first kappa shape index (κ1) is 15.4. The quantitative estimate of drug-likeness (QED) is 0.741. The molecule has 2 heterocycles. The molecule has 1 aliphatic heterocycles. The van der Waals surface area contributed by atoms with E-state index in [9.17, 15) is 4.79 Å². The second-order valence-electron chi connectivity index (χ2n) is 6.25. The van der Waals surface area contributed by atoms with Crippen molar-refractivity contribution in [3.8, 4) is 6.07 Å². The molecule has 0 N–H and O–H groups in total. The van der Waals surface area contributed by atoms with Gasteiger partial charge in [0.05, 0.1) is 23.5 Å². The largest absolute Gasteiger partial charge is 0.364 e. The number of hydrogen-bond donors (Lipinski definition) is 0. The van der Waals surface area contributed by atoms with E-state index in [2.05, 4.69) is 29.2 Å². The van der Waals surface area contributed by atoms with Crippen LogP contribution in [0.5, 0.6) is 0 Å². The zero-order valence-electron chi connectivity index (χ0n) is 13.9. The number of para-hydroxylation sites is 2. The van der Waals surface area contributed by atoms with E-state index in [4.69, 9.17) is 10.2 Å². The molecule has 0 radical (unpaired) electrons. The summed E-state index contributed by atoms with van der Waals surface area (Å²) >= 11 is 0. The number of aromatic nitrogens is 2. The summed E-state index contributed by atoms with van der Waals surface area (Å²) in [6, 6.07) is 17.8. The molecular formula is C20H18N4O. The highest BCUT2D eigenvalue weighted by atomic mass is 16.1. The van der Waals surface area contributed by atoms with E-state index < -0.39 is 0 Å². The monoisotopic (exact) mass is 330 g/mol. The van der Waals surface area contributed by atoms with Crippen LogP contribution in [0.4, 0.5) is 5.69 Å². The summed E-state index contributed by atoms with van der Waals surface area (Å²) in [6.45, 7) is 1.46. The molecule has 0 fully saturated rings. The summed E-state index contributed by atoms with van der Waals surface area (Å²) in [7, 11) is 0. The molecule has 0 amide bonds. The highest BCUT2D eigenvalue weighted by Gasteiger charge is 2.19. The van der Waals surface area contributed by atoms with Gasteiger partial charge in [-0.25, -0.2) is 4.98 Å². The maximum Gasteiger partial charge on any atom is 0.262 e. The molecule has 1 aliphatic rings. The minimum atomic E-state index is -0.146. The Hall–Kier alpha value is -3.13. The molecule has 5 nitrogen and oxygen atoms in total. The average molecular weight is 330 g/mol. The fourth-order valence-electron chi connectivity index (χ4n) is 3.51. The number of benzene rings is 2. The van der Waals surface area contributed by atoms with Crippen molar-refractivity contribution in [2.45, 2.75) is 25.9 Å². The smallest absolute Gasteiger partial charge is 0.262 e. The molecule has 0 spiro atoms. The van der Waals surface area contributed by atoms with E-state index in [1.165, 1.54) is 15.8 Å². The molecule has 124 valence electrons. The molecule has 0 saturated heterocycles. The summed E-state index contributed by atoms with van der Waals surface area (Å²) in [5.74, 6) is 0.641. The summed E-state index contributed by atoms with van der Waals surface area (Å²) in [5.41, 5.74) is 3.05. The van der Waals surface area contributed by atoms with Crippen LogP contribution in [0.1, 0.15) is 17.8 Å². The molecular weight excluding hydrogens is 312 g/mol. The van der Waals surface area contributed by atoms with Crippen molar-refractivity contribution in [3.63, 3.8) is 0 Å². The molecule has 0 bridgehead atoms. The van der Waals surface area contributed by atoms with E-state index in [-0.39, 0.29) is 12.1 Å². The molecule has 2 aromatic carbocycles. The second kappa shape index (κ2) is 6.40. The second-order valence-corrected chi connectivity index (χ2v) is 6.25. The number of fused-ring (bicyclic) bond motifs is 2. The Bertz CT molecular complexity index is 1030. The van der Waals surface area contributed by atoms with Gasteiger partial charge in [-0.15, -0.1) is 0 Å². The lowest BCUT2D eigenvalue weighted by Gasteiger charge is -2.31. The molecule has 0 saturated carbocycles. The predicted octanol–water partition coefficient (Wildman–Crippen LogP) is 2.87. The Morgan fingerprint density at radius 1 is 1.12 bits per heavy atom. The van der Waals surface area contributed by atoms with Crippen molar-refractivity contribution in [2.75, 3.05) is 11.4 Å². The molecule has 3 aromatic rings. The Morgan fingerprint density at radius 3 is 2.80 bits per heavy atom. The van der Waals surface area contributed by atoms with Gasteiger partial charge >= 0.3 is 0 Å². The van der Waals surface area contributed by atoms with Crippen LogP contribution in [0.25, 0.3) is 10.9 Å². The third-order valence-electron chi connectivity index (χ3n) is 4.71. The van der Waals surface area contributed by atoms with Crippen LogP contribution in [0, 0.1) is 11.3 Å². The maximum atomic E-state index is 12.8. The van der Waals surface area contributed by atoms with Gasteiger partial charge in [0.1, 0.15) is 12.4 Å². The number of rotatable bonds is 3. The van der Waals surface area contributed by atoms with E-state index in [0.29, 0.717) is 23.3 Å². The highest BCUT2D eigenvalue weighted by Crippen LogP contribution is 2.27. The topological polar surface area (TPSA) is 61.9 Å². The Kier molecular flexibility index (Phi) is 3.95. The van der Waals surface area contributed by atoms with E-state index in [1.54, 1.807) is 6.07 Å². The van der Waals surface area contributed by atoms with Crippen molar-refractivity contribution in [3.05, 3.63) is 70.3 Å². The minimum Gasteiger partial charge on any atom is -0.364 e. The Morgan fingerprint density at radius 2 is 1.92 bits per heavy atom. The lowest BCUT2D eigenvalue weighted by atomic mass is 10.0. The van der Waals surface area contributed by atoms with E-state index >= 15 is 0 Å². The molecule has 0 aliphatic carbocycles. The predicted molar refractivity (Wildman–Crippen MR) is 97.4 cm³/mol. The standard InChI is InChI=1S/C20H18N4O/c21-11-13-24-19(22-17-9-3-2-8-16(17)20(24)25)14-23-12-5-7-15-6-1-4-10-18(15)23/h1-4,6,8-10H,5,7,12-14H2. The van der Waals surface area contributed by atoms with Crippen LogP contribution in [0.2, 0.25) is 0 Å². The fourth-order valence-corrected chi connectivity index (χ4v) is 3.51. The molecule has 25 heavy (non-hydrogen) atoms. The van der Waals surface area contributed by atoms with Crippen LogP contribution in [0.15, 0.2) is 53.3 Å². The van der Waals surface area contributed by atoms with E-state index in [1.807, 2.05) is 24.3 Å². The Labute approximate surface area is 145 Å². The van der Waals surface area contributed by atoms with E-state index in [0.717, 1.165) is 19.4 Å². The number of anilines is 1. The first-order valence-electron chi connectivity index (χ1n) is 8.46. The van der Waals surface area contributed by atoms with Gasteiger partial charge in [-0.3, -0.25) is 9.36 Å². The van der Waals surface area contributed by atoms with Crippen molar-refractivity contribution in [1.29, 1.82) is 5.26 Å². The third-order valence-corrected chi connectivity index (χ3v) is 4.71. The first-order chi connectivity index (χ1) is 12.3. The van der Waals surface area contributed by atoms with Gasteiger partial charge < -0.3 is 4.90 Å². The Balaban J connectivity index is 1.81. The number of aryl methyl sites for hydroxylation is 1. The molecule has 1 aromatic heterocycles. The number of hydrogen-bond acceptors (Lipinski definition) is 4. The maximum absolute atomic E-state index is 12.8. The van der Waals surface area contributed by atoms with Crippen molar-refractivity contribution in [2.24, 2.45) is 0 Å². The summed E-state index contributed by atoms with van der Waals surface area (Å²) in [4.78, 5) is 19.7. The lowest BCUT2D eigenvalue weighted by Crippen LogP contribution is -2.33. The number of nitrogens with zero attached hydrogens (tertiary/aromatic N) is 4. The fraction of sp³-hybridized carbons (Fsp3) is 0.250. The molecule has 5 heteroatoms. The first-order valence-corrected chi connectivity index (χ1v) is 8.46. The van der Waals surface area contributed by atoms with Crippen molar-refractivity contribution >= 4 is 16.6 Å². The zero-order valence-corrected chi connectivity index (χ0v) is 13.9. The third kappa shape index (κ3) is 2.76. The molecule has 4 rings (SSSR count). The minimum absolute atomic E-state index is 0.0154. The van der Waals surface area contributed by atoms with Gasteiger partial charge in [0, 0.05) is 12.2 Å². The average Bonchev–Trinajstić information content (AvgIpc) is 2.65. The lowest BCUT2D eigenvalue weighted by molar-refractivity contribution is 0.630. The van der Waals surface area contributed by atoms with Gasteiger partial charge in [0.2, 0.25) is 0 Å². The molecule has 0 unspecified atom stereocenters. The van der Waals surface area contributed by atoms with Crippen LogP contribution >= 0.6 is 0 Å². The van der Waals surface area contributed by atoms with Crippen molar-refractivity contribution in [1.82, 2.24) is 9.55 Å². The highest BCUT2D eigenvalue weighted by molar-refractivity contribution is 5.77. The van der Waals surface area contributed by atoms with Gasteiger partial charge in [-0.2, -0.15) is 5.26 Å².